The molecule has 1 aliphatic carbocycles. The average molecular weight is 462 g/mol. The third-order valence-corrected chi connectivity index (χ3v) is 11.4. The quantitative estimate of drug-likeness (QED) is 0.311. The number of anilines is 1. The van der Waals surface area contributed by atoms with Crippen LogP contribution in [-0.2, 0) is 4.43 Å². The van der Waals surface area contributed by atoms with Crippen LogP contribution in [0.4, 0.5) is 5.82 Å². The number of pyridine rings is 2. The number of hydrogen-bond acceptors (Lipinski definition) is 5. The van der Waals surface area contributed by atoms with Crippen molar-refractivity contribution >= 4 is 30.9 Å². The lowest BCUT2D eigenvalue weighted by atomic mass is 10.1. The van der Waals surface area contributed by atoms with Crippen LogP contribution in [0.2, 0.25) is 18.1 Å². The van der Waals surface area contributed by atoms with Crippen LogP contribution in [0.5, 0.6) is 0 Å². The fourth-order valence-electron chi connectivity index (χ4n) is 3.99. The maximum absolute atomic E-state index is 6.94. The Labute approximate surface area is 197 Å². The molecule has 0 bridgehead atoms. The van der Waals surface area contributed by atoms with Crippen molar-refractivity contribution in [3.8, 4) is 11.4 Å². The van der Waals surface area contributed by atoms with Gasteiger partial charge in [0.1, 0.15) is 23.4 Å². The van der Waals surface area contributed by atoms with E-state index < -0.39 is 8.32 Å². The van der Waals surface area contributed by atoms with Gasteiger partial charge in [0.15, 0.2) is 14.0 Å². The van der Waals surface area contributed by atoms with Crippen LogP contribution >= 0.6 is 0 Å². The lowest BCUT2D eigenvalue weighted by molar-refractivity contribution is 0.122. The molecular formula is C26H35N5OSi. The van der Waals surface area contributed by atoms with Crippen LogP contribution in [0.15, 0.2) is 49.2 Å². The topological polar surface area (TPSA) is 78.9 Å². The average Bonchev–Trinajstić information content (AvgIpc) is 3.40. The molecule has 3 aromatic heterocycles. The lowest BCUT2D eigenvalue weighted by Crippen LogP contribution is -2.43. The van der Waals surface area contributed by atoms with Crippen molar-refractivity contribution in [1.82, 2.24) is 19.5 Å². The Kier molecular flexibility index (Phi) is 6.29. The minimum Gasteiger partial charge on any atom is -0.396 e. The summed E-state index contributed by atoms with van der Waals surface area (Å²) in [6, 6.07) is 7.97. The second-order valence-corrected chi connectivity index (χ2v) is 15.0. The number of nitrogens with zero attached hydrogens (tertiary/aromatic N) is 4. The highest BCUT2D eigenvalue weighted by atomic mass is 28.4. The molecule has 33 heavy (non-hydrogen) atoms. The first-order chi connectivity index (χ1) is 15.6. The smallest absolute Gasteiger partial charge is 0.194 e. The third kappa shape index (κ3) is 4.52. The molecule has 0 spiro atoms. The number of nitrogens with two attached hydrogens (primary N) is 1. The fourth-order valence-corrected chi connectivity index (χ4v) is 5.23. The molecule has 3 aromatic rings. The van der Waals surface area contributed by atoms with Gasteiger partial charge in [0, 0.05) is 12.6 Å². The first-order valence-electron chi connectivity index (χ1n) is 11.7. The van der Waals surface area contributed by atoms with Crippen molar-refractivity contribution in [3.63, 3.8) is 0 Å². The SMILES string of the molecule is C=CCC(O[Si](C)(C)C(C)(C)C)n1c(-c2cccnc2N)nc2ccc(C3=CCCC3)nc21. The van der Waals surface area contributed by atoms with E-state index in [1.54, 1.807) is 6.20 Å². The molecule has 7 heteroatoms. The first kappa shape index (κ1) is 23.4. The van der Waals surface area contributed by atoms with Gasteiger partial charge in [-0.2, -0.15) is 0 Å². The molecule has 1 atom stereocenters. The molecule has 0 aliphatic heterocycles. The Bertz CT molecular complexity index is 1210. The Morgan fingerprint density at radius 3 is 2.67 bits per heavy atom. The maximum atomic E-state index is 6.94. The third-order valence-electron chi connectivity index (χ3n) is 6.88. The van der Waals surface area contributed by atoms with E-state index in [2.05, 4.69) is 68.2 Å². The summed E-state index contributed by atoms with van der Waals surface area (Å²) < 4.78 is 9.05. The fraction of sp³-hybridized carbons (Fsp3) is 0.423. The van der Waals surface area contributed by atoms with Crippen LogP contribution in [-0.4, -0.2) is 27.8 Å². The molecule has 1 aliphatic rings. The molecular weight excluding hydrogens is 426 g/mol. The van der Waals surface area contributed by atoms with Gasteiger partial charge in [-0.1, -0.05) is 32.9 Å². The minimum atomic E-state index is -2.11. The summed E-state index contributed by atoms with van der Waals surface area (Å²) in [5.74, 6) is 1.17. The summed E-state index contributed by atoms with van der Waals surface area (Å²) in [7, 11) is -2.11. The summed E-state index contributed by atoms with van der Waals surface area (Å²) in [6.45, 7) is 15.3. The normalized spacial score (nSPS) is 15.6. The molecule has 4 rings (SSSR count). The monoisotopic (exact) mass is 461 g/mol. The highest BCUT2D eigenvalue weighted by molar-refractivity contribution is 6.74. The van der Waals surface area contributed by atoms with E-state index in [4.69, 9.17) is 20.1 Å². The van der Waals surface area contributed by atoms with Crippen molar-refractivity contribution in [3.05, 3.63) is 54.9 Å². The van der Waals surface area contributed by atoms with Crippen LogP contribution in [0, 0.1) is 0 Å². The van der Waals surface area contributed by atoms with Gasteiger partial charge in [-0.05, 0) is 67.2 Å². The minimum absolute atomic E-state index is 0.0591. The van der Waals surface area contributed by atoms with E-state index in [0.717, 1.165) is 41.1 Å². The van der Waals surface area contributed by atoms with Crippen LogP contribution in [0.1, 0.15) is 58.4 Å². The van der Waals surface area contributed by atoms with Crippen molar-refractivity contribution in [1.29, 1.82) is 0 Å². The summed E-state index contributed by atoms with van der Waals surface area (Å²) in [6.07, 6.45) is 9.60. The van der Waals surface area contributed by atoms with Crippen LogP contribution < -0.4 is 5.73 Å². The zero-order valence-electron chi connectivity index (χ0n) is 20.4. The molecule has 2 N–H and O–H groups in total. The molecule has 0 saturated carbocycles. The van der Waals surface area contributed by atoms with Gasteiger partial charge in [-0.15, -0.1) is 6.58 Å². The van der Waals surface area contributed by atoms with Crippen molar-refractivity contribution in [2.24, 2.45) is 0 Å². The predicted octanol–water partition coefficient (Wildman–Crippen LogP) is 6.74. The number of fused-ring (bicyclic) bond motifs is 1. The van der Waals surface area contributed by atoms with E-state index in [9.17, 15) is 0 Å². The van der Waals surface area contributed by atoms with Gasteiger partial charge < -0.3 is 10.2 Å². The second kappa shape index (κ2) is 8.87. The highest BCUT2D eigenvalue weighted by Gasteiger charge is 2.40. The summed E-state index contributed by atoms with van der Waals surface area (Å²) in [5, 5.41) is 0.0591. The Morgan fingerprint density at radius 1 is 1.24 bits per heavy atom. The first-order valence-corrected chi connectivity index (χ1v) is 14.6. The number of hydrogen-bond donors (Lipinski definition) is 1. The standard InChI is InChI=1S/C26H35N5OSi/c1-7-11-22(32-33(5,6)26(2,3)4)31-24(19-14-10-17-28-23(19)27)30-21-16-15-20(29-25(21)31)18-12-8-9-13-18/h7,10,12,14-17,22H,1,8-9,11,13H2,2-6H3,(H2,27,28). The molecule has 0 radical (unpaired) electrons. The molecule has 174 valence electrons. The van der Waals surface area contributed by atoms with Gasteiger partial charge in [0.25, 0.3) is 0 Å². The van der Waals surface area contributed by atoms with Crippen LogP contribution in [0.3, 0.4) is 0 Å². The Balaban J connectivity index is 1.95. The summed E-state index contributed by atoms with van der Waals surface area (Å²) in [4.78, 5) is 14.4. The van der Waals surface area contributed by atoms with Gasteiger partial charge in [0.05, 0.1) is 11.3 Å². The molecule has 0 saturated heterocycles. The molecule has 6 nitrogen and oxygen atoms in total. The van der Waals surface area contributed by atoms with Crippen LogP contribution in [0.25, 0.3) is 28.1 Å². The number of rotatable bonds is 7. The van der Waals surface area contributed by atoms with Crippen molar-refractivity contribution in [2.45, 2.75) is 70.8 Å². The van der Waals surface area contributed by atoms with E-state index in [-0.39, 0.29) is 11.3 Å². The molecule has 1 unspecified atom stereocenters. The van der Waals surface area contributed by atoms with E-state index in [1.165, 1.54) is 12.0 Å². The lowest BCUT2D eigenvalue weighted by Gasteiger charge is -2.39. The van der Waals surface area contributed by atoms with E-state index >= 15 is 0 Å². The molecule has 0 fully saturated rings. The van der Waals surface area contributed by atoms with Gasteiger partial charge >= 0.3 is 0 Å². The zero-order chi connectivity index (χ0) is 23.8. The Hall–Kier alpha value is -2.77. The second-order valence-electron chi connectivity index (χ2n) is 10.3. The van der Waals surface area contributed by atoms with Gasteiger partial charge in [0.2, 0.25) is 0 Å². The molecule has 0 amide bonds. The number of allylic oxidation sites excluding steroid dienone is 2. The van der Waals surface area contributed by atoms with Gasteiger partial charge in [-0.3, -0.25) is 4.57 Å². The maximum Gasteiger partial charge on any atom is 0.194 e. The zero-order valence-corrected chi connectivity index (χ0v) is 21.4. The van der Waals surface area contributed by atoms with Gasteiger partial charge in [-0.25, -0.2) is 15.0 Å². The number of imidazole rings is 1. The van der Waals surface area contributed by atoms with E-state index in [1.807, 2.05) is 18.2 Å². The van der Waals surface area contributed by atoms with Crippen molar-refractivity contribution in [2.75, 3.05) is 5.73 Å². The van der Waals surface area contributed by atoms with E-state index in [0.29, 0.717) is 12.2 Å². The number of nitrogen functional groups attached to an aromatic ring is 1. The van der Waals surface area contributed by atoms with Crippen molar-refractivity contribution < 1.29 is 4.43 Å². The summed E-state index contributed by atoms with van der Waals surface area (Å²) in [5.41, 5.74) is 11.0. The molecule has 3 heterocycles. The number of aromatic nitrogens is 4. The predicted molar refractivity (Wildman–Crippen MR) is 139 cm³/mol. The summed E-state index contributed by atoms with van der Waals surface area (Å²) >= 11 is 0. The largest absolute Gasteiger partial charge is 0.396 e. The molecule has 0 aromatic carbocycles. The highest BCUT2D eigenvalue weighted by Crippen LogP contribution is 2.41. The Morgan fingerprint density at radius 2 is 2.03 bits per heavy atom.